The summed E-state index contributed by atoms with van der Waals surface area (Å²) in [5, 5.41) is -5.49. The Labute approximate surface area is 81.7 Å². The highest BCUT2D eigenvalue weighted by Gasteiger charge is 2.84. The van der Waals surface area contributed by atoms with Crippen LogP contribution >= 0.6 is 11.6 Å². The van der Waals surface area contributed by atoms with Crippen molar-refractivity contribution >= 4 is 17.6 Å². The quantitative estimate of drug-likeness (QED) is 0.361. The Morgan fingerprint density at radius 2 is 1.33 bits per heavy atom. The summed E-state index contributed by atoms with van der Waals surface area (Å²) in [5.74, 6) is -15.3. The van der Waals surface area contributed by atoms with E-state index in [1.165, 1.54) is 4.99 Å². The summed E-state index contributed by atoms with van der Waals surface area (Å²) < 4.78 is 98.9. The van der Waals surface area contributed by atoms with Crippen molar-refractivity contribution in [1.82, 2.24) is 0 Å². The summed E-state index contributed by atoms with van der Waals surface area (Å²) in [7, 11) is 0. The molecule has 0 saturated carbocycles. The molecule has 0 N–H and O–H groups in total. The molecule has 0 aliphatic carbocycles. The average molecular weight is 261 g/mol. The van der Waals surface area contributed by atoms with Crippen molar-refractivity contribution in [2.45, 2.75) is 23.0 Å². The molecule has 0 aromatic carbocycles. The number of aliphatic imine (C=N–C) groups is 1. The molecule has 0 aromatic heterocycles. The van der Waals surface area contributed by atoms with Crippen LogP contribution in [0.2, 0.25) is 0 Å². The summed E-state index contributed by atoms with van der Waals surface area (Å²) in [6, 6.07) is -5.48. The molecule has 1 atom stereocenters. The van der Waals surface area contributed by atoms with Gasteiger partial charge < -0.3 is 0 Å². The number of hydrogen-bond donors (Lipinski definition) is 0. The van der Waals surface area contributed by atoms with Gasteiger partial charge in [0.1, 0.15) is 0 Å². The summed E-state index contributed by atoms with van der Waals surface area (Å²) in [5.41, 5.74) is 0. The lowest BCUT2D eigenvalue weighted by Gasteiger charge is -2.38. The zero-order valence-electron chi connectivity index (χ0n) is 6.35. The predicted octanol–water partition coefficient (Wildman–Crippen LogP) is 3.14. The Balaban J connectivity index is 3.49. The van der Waals surface area contributed by atoms with Gasteiger partial charge in [-0.1, -0.05) is 11.6 Å². The van der Waals surface area contributed by atoms with E-state index in [-0.39, 0.29) is 0 Å². The van der Waals surface area contributed by atoms with Crippen LogP contribution < -0.4 is 0 Å². The Morgan fingerprint density at radius 1 is 0.933 bits per heavy atom. The van der Waals surface area contributed by atoms with Crippen LogP contribution in [0.1, 0.15) is 0 Å². The first-order chi connectivity index (χ1) is 6.38. The summed E-state index contributed by atoms with van der Waals surface area (Å²) in [4.78, 5) is 1.20. The summed E-state index contributed by atoms with van der Waals surface area (Å²) in [6.07, 6.45) is 0. The molecule has 0 saturated heterocycles. The van der Waals surface area contributed by atoms with Gasteiger partial charge in [-0.25, -0.2) is 4.39 Å². The Morgan fingerprint density at radius 3 is 1.73 bits per heavy atom. The Hall–Kier alpha value is -0.600. The van der Waals surface area contributed by atoms with Gasteiger partial charge in [0.05, 0.1) is 0 Å². The maximum absolute atomic E-state index is 12.6. The topological polar surface area (TPSA) is 12.4 Å². The molecule has 0 radical (unpaired) electrons. The van der Waals surface area contributed by atoms with Crippen LogP contribution in [0.15, 0.2) is 4.99 Å². The fourth-order valence-corrected chi connectivity index (χ4v) is 0.940. The molecule has 15 heavy (non-hydrogen) atoms. The Kier molecular flexibility index (Phi) is 2.28. The molecule has 0 aromatic rings. The molecular weight excluding hydrogens is 261 g/mol. The second-order valence-corrected chi connectivity index (χ2v) is 3.19. The van der Waals surface area contributed by atoms with Gasteiger partial charge in [-0.2, -0.15) is 35.7 Å². The van der Waals surface area contributed by atoms with E-state index in [0.29, 0.717) is 0 Å². The first-order valence-corrected chi connectivity index (χ1v) is 3.53. The number of hydrogen-bond acceptors (Lipinski definition) is 1. The molecule has 88 valence electrons. The van der Waals surface area contributed by atoms with Gasteiger partial charge >= 0.3 is 23.0 Å². The van der Waals surface area contributed by atoms with Crippen molar-refractivity contribution in [2.75, 3.05) is 0 Å². The van der Waals surface area contributed by atoms with Gasteiger partial charge in [-0.05, 0) is 0 Å². The van der Waals surface area contributed by atoms with E-state index in [4.69, 9.17) is 0 Å². The second-order valence-electron chi connectivity index (χ2n) is 2.67. The van der Waals surface area contributed by atoms with Crippen LogP contribution in [0.25, 0.3) is 0 Å². The number of rotatable bonds is 0. The fourth-order valence-electron chi connectivity index (χ4n) is 0.779. The molecule has 1 unspecified atom stereocenters. The normalized spacial score (nSPS) is 37.3. The highest BCUT2D eigenvalue weighted by atomic mass is 35.5. The summed E-state index contributed by atoms with van der Waals surface area (Å²) >= 11 is 3.98. The monoisotopic (exact) mass is 261 g/mol. The van der Waals surface area contributed by atoms with Crippen molar-refractivity contribution in [1.29, 1.82) is 0 Å². The minimum atomic E-state index is -6.11. The maximum atomic E-state index is 12.6. The van der Waals surface area contributed by atoms with Gasteiger partial charge in [0.15, 0.2) is 0 Å². The molecular formula is C5ClF8N. The van der Waals surface area contributed by atoms with E-state index in [9.17, 15) is 35.1 Å². The van der Waals surface area contributed by atoms with Crippen molar-refractivity contribution in [2.24, 2.45) is 4.99 Å². The van der Waals surface area contributed by atoms with Crippen molar-refractivity contribution in [3.05, 3.63) is 0 Å². The minimum absolute atomic E-state index is 1.20. The lowest BCUT2D eigenvalue weighted by atomic mass is 10.0. The van der Waals surface area contributed by atoms with E-state index < -0.39 is 29.0 Å². The molecule has 1 aliphatic heterocycles. The molecule has 0 fully saturated rings. The van der Waals surface area contributed by atoms with Gasteiger partial charge in [0, 0.05) is 0 Å². The lowest BCUT2D eigenvalue weighted by Crippen LogP contribution is -2.66. The third kappa shape index (κ3) is 1.25. The van der Waals surface area contributed by atoms with Gasteiger partial charge in [-0.15, -0.1) is 0 Å². The van der Waals surface area contributed by atoms with E-state index >= 15 is 0 Å². The highest BCUT2D eigenvalue weighted by molar-refractivity contribution is 6.25. The molecule has 0 spiro atoms. The predicted molar refractivity (Wildman–Crippen MR) is 33.1 cm³/mol. The van der Waals surface area contributed by atoms with Gasteiger partial charge in [0.2, 0.25) is 0 Å². The second kappa shape index (κ2) is 2.74. The number of alkyl halides is 8. The molecule has 10 heteroatoms. The Bertz CT molecular complexity index is 321. The maximum Gasteiger partial charge on any atom is 0.398 e. The first kappa shape index (κ1) is 12.5. The number of halogens is 9. The van der Waals surface area contributed by atoms with Gasteiger partial charge in [-0.3, -0.25) is 0 Å². The molecule has 0 amide bonds. The van der Waals surface area contributed by atoms with Crippen LogP contribution in [-0.4, -0.2) is 29.0 Å². The number of nitrogens with zero attached hydrogens (tertiary/aromatic N) is 1. The molecule has 0 bridgehead atoms. The largest absolute Gasteiger partial charge is 0.398 e. The first-order valence-electron chi connectivity index (χ1n) is 3.15. The molecule has 1 heterocycles. The standard InChI is InChI=1S/C5ClF8N/c6-3(10)4(11,12)2(8,9)1(7)15-5(3,13)14. The van der Waals surface area contributed by atoms with Crippen LogP contribution in [0.3, 0.4) is 0 Å². The van der Waals surface area contributed by atoms with Crippen LogP contribution in [0, 0.1) is 0 Å². The van der Waals surface area contributed by atoms with E-state index in [1.807, 2.05) is 0 Å². The smallest absolute Gasteiger partial charge is 0.210 e. The van der Waals surface area contributed by atoms with Crippen molar-refractivity contribution in [3.8, 4) is 0 Å². The van der Waals surface area contributed by atoms with E-state index in [0.717, 1.165) is 0 Å². The molecule has 1 nitrogen and oxygen atoms in total. The van der Waals surface area contributed by atoms with Crippen LogP contribution in [-0.2, 0) is 0 Å². The fraction of sp³-hybridized carbons (Fsp3) is 0.800. The van der Waals surface area contributed by atoms with Crippen LogP contribution in [0.5, 0.6) is 0 Å². The SMILES string of the molecule is FC1=NC(F)(F)C(F)(Cl)C(F)(F)C1(F)F. The molecule has 1 aliphatic rings. The minimum Gasteiger partial charge on any atom is -0.210 e. The third-order valence-corrected chi connectivity index (χ3v) is 2.13. The summed E-state index contributed by atoms with van der Waals surface area (Å²) in [6.45, 7) is 0. The van der Waals surface area contributed by atoms with E-state index in [2.05, 4.69) is 11.6 Å². The third-order valence-electron chi connectivity index (χ3n) is 1.66. The highest BCUT2D eigenvalue weighted by Crippen LogP contribution is 2.58. The average Bonchev–Trinajstić information content (AvgIpc) is 2.00. The zero-order valence-corrected chi connectivity index (χ0v) is 7.10. The lowest BCUT2D eigenvalue weighted by molar-refractivity contribution is -0.282. The molecule has 1 rings (SSSR count). The van der Waals surface area contributed by atoms with Crippen molar-refractivity contribution in [3.63, 3.8) is 0 Å². The van der Waals surface area contributed by atoms with E-state index in [1.54, 1.807) is 0 Å². The van der Waals surface area contributed by atoms with Gasteiger partial charge in [0.25, 0.3) is 5.97 Å². The zero-order chi connectivity index (χ0) is 12.3. The van der Waals surface area contributed by atoms with Crippen molar-refractivity contribution < 1.29 is 35.1 Å². The van der Waals surface area contributed by atoms with Crippen LogP contribution in [0.4, 0.5) is 35.1 Å².